The van der Waals surface area contributed by atoms with Gasteiger partial charge in [-0.2, -0.15) is 0 Å². The van der Waals surface area contributed by atoms with E-state index in [1.807, 2.05) is 6.07 Å². The number of phenolic OH excluding ortho intramolecular Hbond substituents is 1. The Kier molecular flexibility index (Phi) is 7.84. The van der Waals surface area contributed by atoms with Gasteiger partial charge in [0.2, 0.25) is 0 Å². The summed E-state index contributed by atoms with van der Waals surface area (Å²) in [7, 11) is -3.44. The lowest BCUT2D eigenvalue weighted by Gasteiger charge is -2.37. The number of aryl methyl sites for hydroxylation is 2. The summed E-state index contributed by atoms with van der Waals surface area (Å²) in [6, 6.07) is 16.3. The third kappa shape index (κ3) is 6.66. The summed E-state index contributed by atoms with van der Waals surface area (Å²) in [4.78, 5) is 11.7. The van der Waals surface area contributed by atoms with Crippen LogP contribution < -0.4 is 5.32 Å². The number of benzene rings is 2. The highest BCUT2D eigenvalue weighted by Crippen LogP contribution is 2.25. The molecule has 0 amide bonds. The summed E-state index contributed by atoms with van der Waals surface area (Å²) in [6.45, 7) is 7.46. The van der Waals surface area contributed by atoms with Crippen LogP contribution in [0.25, 0.3) is 11.3 Å². The summed E-state index contributed by atoms with van der Waals surface area (Å²) < 4.78 is 23.4. The molecule has 3 aromatic rings. The highest BCUT2D eigenvalue weighted by molar-refractivity contribution is 7.90. The van der Waals surface area contributed by atoms with E-state index in [1.165, 1.54) is 17.7 Å². The van der Waals surface area contributed by atoms with Gasteiger partial charge in [-0.25, -0.2) is 18.4 Å². The van der Waals surface area contributed by atoms with E-state index >= 15 is 0 Å². The molecule has 0 aliphatic carbocycles. The number of hydrogen-bond donors (Lipinski definition) is 2. The molecule has 0 bridgehead atoms. The van der Waals surface area contributed by atoms with Crippen molar-refractivity contribution >= 4 is 9.84 Å². The van der Waals surface area contributed by atoms with Crippen molar-refractivity contribution in [2.75, 3.05) is 19.3 Å². The van der Waals surface area contributed by atoms with Crippen molar-refractivity contribution in [2.24, 2.45) is 0 Å². The lowest BCUT2D eigenvalue weighted by Crippen LogP contribution is -2.53. The lowest BCUT2D eigenvalue weighted by atomic mass is 10.0. The zero-order valence-electron chi connectivity index (χ0n) is 20.6. The van der Waals surface area contributed by atoms with Crippen LogP contribution in [0.5, 0.6) is 5.75 Å². The average Bonchev–Trinajstić information content (AvgIpc) is 2.81. The Labute approximate surface area is 208 Å². The molecule has 0 radical (unpaired) electrons. The third-order valence-corrected chi connectivity index (χ3v) is 7.64. The van der Waals surface area contributed by atoms with Gasteiger partial charge in [-0.3, -0.25) is 4.90 Å². The Balaban J connectivity index is 1.39. The van der Waals surface area contributed by atoms with Gasteiger partial charge in [-0.15, -0.1) is 0 Å². The molecule has 2 atom stereocenters. The SMILES string of the molecule is C[C@H]1CN(Cc2cccc(-c3ccnc(CCCc4ccc(S(C)(=O)=O)c(O)c4)n3)c2)[C@@H](C)CN1. The van der Waals surface area contributed by atoms with Crippen LogP contribution >= 0.6 is 0 Å². The van der Waals surface area contributed by atoms with Gasteiger partial charge in [0.25, 0.3) is 0 Å². The monoisotopic (exact) mass is 494 g/mol. The average molecular weight is 495 g/mol. The van der Waals surface area contributed by atoms with Crippen LogP contribution in [-0.2, 0) is 29.2 Å². The molecule has 1 aromatic heterocycles. The maximum atomic E-state index is 11.7. The normalized spacial score (nSPS) is 19.1. The summed E-state index contributed by atoms with van der Waals surface area (Å²) in [5, 5.41) is 13.6. The van der Waals surface area contributed by atoms with Crippen LogP contribution in [0.2, 0.25) is 0 Å². The second-order valence-electron chi connectivity index (χ2n) is 9.57. The zero-order chi connectivity index (χ0) is 25.0. The van der Waals surface area contributed by atoms with E-state index in [2.05, 4.69) is 53.3 Å². The molecule has 8 heteroatoms. The van der Waals surface area contributed by atoms with Crippen molar-refractivity contribution in [1.82, 2.24) is 20.2 Å². The Morgan fingerprint density at radius 2 is 1.91 bits per heavy atom. The Hall–Kier alpha value is -2.81. The maximum Gasteiger partial charge on any atom is 0.179 e. The van der Waals surface area contributed by atoms with Gasteiger partial charge in [-0.1, -0.05) is 24.3 Å². The molecule has 0 unspecified atom stereocenters. The Bertz CT molecular complexity index is 1280. The Morgan fingerprint density at radius 1 is 1.09 bits per heavy atom. The highest BCUT2D eigenvalue weighted by Gasteiger charge is 2.22. The van der Waals surface area contributed by atoms with E-state index in [4.69, 9.17) is 4.98 Å². The lowest BCUT2D eigenvalue weighted by molar-refractivity contribution is 0.139. The van der Waals surface area contributed by atoms with Crippen LogP contribution in [0.1, 0.15) is 37.2 Å². The summed E-state index contributed by atoms with van der Waals surface area (Å²) in [6.07, 6.45) is 5.07. The predicted molar refractivity (Wildman–Crippen MR) is 138 cm³/mol. The summed E-state index contributed by atoms with van der Waals surface area (Å²) in [5.41, 5.74) is 4.16. The first-order valence-electron chi connectivity index (χ1n) is 12.1. The molecule has 1 aliphatic heterocycles. The largest absolute Gasteiger partial charge is 0.507 e. The van der Waals surface area contributed by atoms with E-state index in [9.17, 15) is 13.5 Å². The number of rotatable bonds is 8. The number of nitrogens with zero attached hydrogens (tertiary/aromatic N) is 3. The molecule has 1 fully saturated rings. The fourth-order valence-corrected chi connectivity index (χ4v) is 5.30. The minimum atomic E-state index is -3.44. The number of piperazine rings is 1. The van der Waals surface area contributed by atoms with Crippen molar-refractivity contribution < 1.29 is 13.5 Å². The van der Waals surface area contributed by atoms with Crippen LogP contribution in [0.3, 0.4) is 0 Å². The third-order valence-electron chi connectivity index (χ3n) is 6.50. The number of phenols is 1. The Morgan fingerprint density at radius 3 is 2.69 bits per heavy atom. The van der Waals surface area contributed by atoms with Crippen molar-refractivity contribution in [1.29, 1.82) is 0 Å². The first kappa shape index (κ1) is 25.3. The molecule has 1 saturated heterocycles. The van der Waals surface area contributed by atoms with Gasteiger partial charge in [0, 0.05) is 56.2 Å². The predicted octanol–water partition coefficient (Wildman–Crippen LogP) is 3.61. The molecule has 1 aliphatic rings. The van der Waals surface area contributed by atoms with Crippen molar-refractivity contribution in [2.45, 2.75) is 56.6 Å². The van der Waals surface area contributed by atoms with E-state index < -0.39 is 9.84 Å². The molecule has 4 rings (SSSR count). The molecule has 7 nitrogen and oxygen atoms in total. The second-order valence-corrected chi connectivity index (χ2v) is 11.6. The summed E-state index contributed by atoms with van der Waals surface area (Å²) >= 11 is 0. The molecule has 186 valence electrons. The molecule has 0 spiro atoms. The number of nitrogens with one attached hydrogen (secondary N) is 1. The number of aromatic nitrogens is 2. The van der Waals surface area contributed by atoms with Gasteiger partial charge in [0.15, 0.2) is 9.84 Å². The zero-order valence-corrected chi connectivity index (χ0v) is 21.4. The van der Waals surface area contributed by atoms with Gasteiger partial charge >= 0.3 is 0 Å². The second kappa shape index (κ2) is 10.8. The van der Waals surface area contributed by atoms with Gasteiger partial charge in [0.1, 0.15) is 16.5 Å². The molecular formula is C27H34N4O3S. The van der Waals surface area contributed by atoms with E-state index in [1.54, 1.807) is 12.3 Å². The van der Waals surface area contributed by atoms with E-state index in [-0.39, 0.29) is 10.6 Å². The van der Waals surface area contributed by atoms with Crippen LogP contribution in [0, 0.1) is 0 Å². The minimum Gasteiger partial charge on any atom is -0.507 e. The van der Waals surface area contributed by atoms with Crippen LogP contribution in [0.15, 0.2) is 59.6 Å². The van der Waals surface area contributed by atoms with Crippen molar-refractivity contribution in [3.8, 4) is 17.0 Å². The fraction of sp³-hybridized carbons (Fsp3) is 0.407. The minimum absolute atomic E-state index is 0.0413. The first-order valence-corrected chi connectivity index (χ1v) is 14.0. The summed E-state index contributed by atoms with van der Waals surface area (Å²) in [5.74, 6) is 0.572. The topological polar surface area (TPSA) is 95.4 Å². The fourth-order valence-electron chi connectivity index (χ4n) is 4.54. The molecule has 2 heterocycles. The molecular weight excluding hydrogens is 460 g/mol. The quantitative estimate of drug-likeness (QED) is 0.494. The van der Waals surface area contributed by atoms with Gasteiger partial charge < -0.3 is 10.4 Å². The van der Waals surface area contributed by atoms with E-state index in [0.29, 0.717) is 24.9 Å². The van der Waals surface area contributed by atoms with Crippen LogP contribution in [0.4, 0.5) is 0 Å². The number of hydrogen-bond acceptors (Lipinski definition) is 7. The van der Waals surface area contributed by atoms with E-state index in [0.717, 1.165) is 55.0 Å². The maximum absolute atomic E-state index is 11.7. The molecule has 2 N–H and O–H groups in total. The first-order chi connectivity index (χ1) is 16.7. The van der Waals surface area contributed by atoms with Crippen LogP contribution in [-0.4, -0.2) is 59.8 Å². The molecule has 2 aromatic carbocycles. The highest BCUT2D eigenvalue weighted by atomic mass is 32.2. The van der Waals surface area contributed by atoms with Crippen molar-refractivity contribution in [3.05, 3.63) is 71.7 Å². The molecule has 35 heavy (non-hydrogen) atoms. The van der Waals surface area contributed by atoms with Gasteiger partial charge in [-0.05, 0) is 62.1 Å². The standard InChI is InChI=1S/C27H34N4O3S/c1-19-17-31(20(2)16-29-19)18-22-7-4-8-23(14-22)24-12-13-28-27(30-24)9-5-6-21-10-11-26(25(32)15-21)35(3,33)34/h4,7-8,10-15,19-20,29,32H,5-6,9,16-18H2,1-3H3/t19-,20-/m0/s1. The van der Waals surface area contributed by atoms with Crippen molar-refractivity contribution in [3.63, 3.8) is 0 Å². The number of sulfone groups is 1. The molecule has 0 saturated carbocycles. The smallest absolute Gasteiger partial charge is 0.179 e. The number of aromatic hydroxyl groups is 1. The van der Waals surface area contributed by atoms with Gasteiger partial charge in [0.05, 0.1) is 5.69 Å².